The van der Waals surface area contributed by atoms with Gasteiger partial charge >= 0.3 is 0 Å². The minimum absolute atomic E-state index is 0.109. The van der Waals surface area contributed by atoms with Crippen LogP contribution >= 0.6 is 0 Å². The number of ether oxygens (including phenoxy) is 3. The first-order valence-electron chi connectivity index (χ1n) is 9.55. The molecule has 0 aromatic heterocycles. The highest BCUT2D eigenvalue weighted by Crippen LogP contribution is 2.22. The smallest absolute Gasteiger partial charge is 0.256 e. The molecule has 146 valence electrons. The van der Waals surface area contributed by atoms with E-state index in [1.54, 1.807) is 0 Å². The summed E-state index contributed by atoms with van der Waals surface area (Å²) in [6.45, 7) is 11.4. The molecule has 1 heterocycles. The lowest BCUT2D eigenvalue weighted by Crippen LogP contribution is -2.42. The topological polar surface area (TPSA) is 60.0 Å². The standard InChI is InChI=1S/C20H32N2O4/c1-4-10-20(3,26-5-2)19(23)21-17-6-8-18(9-7-17)25-16-13-22-11-14-24-15-12-22/h6-9H,4-5,10-16H2,1-3H3,(H,21,23). The fraction of sp³-hybridized carbons (Fsp3) is 0.650. The summed E-state index contributed by atoms with van der Waals surface area (Å²) in [6, 6.07) is 7.49. The molecule has 1 atom stereocenters. The summed E-state index contributed by atoms with van der Waals surface area (Å²) in [5.41, 5.74) is -0.0471. The minimum Gasteiger partial charge on any atom is -0.492 e. The van der Waals surface area contributed by atoms with Crippen molar-refractivity contribution in [3.05, 3.63) is 24.3 Å². The Morgan fingerprint density at radius 1 is 1.23 bits per heavy atom. The number of hydrogen-bond donors (Lipinski definition) is 1. The van der Waals surface area contributed by atoms with Crippen LogP contribution in [0.2, 0.25) is 0 Å². The lowest BCUT2D eigenvalue weighted by atomic mass is 9.99. The maximum absolute atomic E-state index is 12.6. The van der Waals surface area contributed by atoms with Gasteiger partial charge in [-0.2, -0.15) is 0 Å². The summed E-state index contributed by atoms with van der Waals surface area (Å²) < 4.78 is 16.8. The fourth-order valence-electron chi connectivity index (χ4n) is 3.06. The van der Waals surface area contributed by atoms with Crippen molar-refractivity contribution in [2.45, 2.75) is 39.2 Å². The first-order valence-corrected chi connectivity index (χ1v) is 9.55. The van der Waals surface area contributed by atoms with Gasteiger partial charge in [-0.25, -0.2) is 0 Å². The quantitative estimate of drug-likeness (QED) is 0.692. The van der Waals surface area contributed by atoms with Gasteiger partial charge in [0.2, 0.25) is 0 Å². The molecule has 0 saturated carbocycles. The number of hydrogen-bond acceptors (Lipinski definition) is 5. The zero-order valence-electron chi connectivity index (χ0n) is 16.3. The average molecular weight is 364 g/mol. The summed E-state index contributed by atoms with van der Waals surface area (Å²) >= 11 is 0. The number of nitrogens with one attached hydrogen (secondary N) is 1. The number of rotatable bonds is 10. The largest absolute Gasteiger partial charge is 0.492 e. The maximum Gasteiger partial charge on any atom is 0.256 e. The van der Waals surface area contributed by atoms with E-state index in [1.165, 1.54) is 0 Å². The zero-order valence-corrected chi connectivity index (χ0v) is 16.3. The number of morpholine rings is 1. The molecule has 1 aromatic carbocycles. The molecule has 0 aliphatic carbocycles. The third-order valence-electron chi connectivity index (χ3n) is 4.56. The summed E-state index contributed by atoms with van der Waals surface area (Å²) in [6.07, 6.45) is 1.58. The van der Waals surface area contributed by atoms with Crippen molar-refractivity contribution in [3.63, 3.8) is 0 Å². The van der Waals surface area contributed by atoms with Gasteiger partial charge in [-0.1, -0.05) is 13.3 Å². The molecular weight excluding hydrogens is 332 g/mol. The van der Waals surface area contributed by atoms with Crippen LogP contribution in [0.3, 0.4) is 0 Å². The molecule has 1 unspecified atom stereocenters. The predicted molar refractivity (Wildman–Crippen MR) is 103 cm³/mol. The Labute approximate surface area is 156 Å². The van der Waals surface area contributed by atoms with Crippen LogP contribution in [0, 0.1) is 0 Å². The SMILES string of the molecule is CCCC(C)(OCC)C(=O)Nc1ccc(OCCN2CCOCC2)cc1. The second-order valence-electron chi connectivity index (χ2n) is 6.69. The number of carbonyl (C=O) groups is 1. The van der Waals surface area contributed by atoms with Crippen molar-refractivity contribution >= 4 is 11.6 Å². The van der Waals surface area contributed by atoms with Crippen molar-refractivity contribution < 1.29 is 19.0 Å². The maximum atomic E-state index is 12.6. The summed E-state index contributed by atoms with van der Waals surface area (Å²) in [5, 5.41) is 2.95. The van der Waals surface area contributed by atoms with E-state index < -0.39 is 5.60 Å². The Morgan fingerprint density at radius 2 is 1.92 bits per heavy atom. The number of amides is 1. The molecule has 6 nitrogen and oxygen atoms in total. The average Bonchev–Trinajstić information content (AvgIpc) is 2.64. The first kappa shape index (κ1) is 20.7. The molecule has 2 rings (SSSR count). The van der Waals surface area contributed by atoms with Crippen LogP contribution < -0.4 is 10.1 Å². The molecule has 6 heteroatoms. The Bertz CT molecular complexity index is 535. The van der Waals surface area contributed by atoms with Gasteiger partial charge < -0.3 is 19.5 Å². The molecule has 1 saturated heterocycles. The Balaban J connectivity index is 1.81. The van der Waals surface area contributed by atoms with Crippen LogP contribution in [0.15, 0.2) is 24.3 Å². The van der Waals surface area contributed by atoms with E-state index in [1.807, 2.05) is 45.0 Å². The van der Waals surface area contributed by atoms with Crippen LogP contribution in [0.1, 0.15) is 33.6 Å². The molecule has 1 amide bonds. The van der Waals surface area contributed by atoms with Crippen LogP contribution in [-0.4, -0.2) is 62.5 Å². The van der Waals surface area contributed by atoms with Gasteiger partial charge in [0.05, 0.1) is 13.2 Å². The van der Waals surface area contributed by atoms with Crippen molar-refractivity contribution in [2.75, 3.05) is 51.4 Å². The Kier molecular flexibility index (Phi) is 8.35. The van der Waals surface area contributed by atoms with Gasteiger partial charge in [0.15, 0.2) is 0 Å². The van der Waals surface area contributed by atoms with Crippen LogP contribution in [-0.2, 0) is 14.3 Å². The van der Waals surface area contributed by atoms with Crippen molar-refractivity contribution in [2.24, 2.45) is 0 Å². The molecule has 1 aliphatic heterocycles. The molecule has 1 aliphatic rings. The van der Waals surface area contributed by atoms with E-state index in [-0.39, 0.29) is 5.91 Å². The number of benzene rings is 1. The van der Waals surface area contributed by atoms with E-state index >= 15 is 0 Å². The van der Waals surface area contributed by atoms with E-state index in [4.69, 9.17) is 14.2 Å². The van der Waals surface area contributed by atoms with E-state index in [0.717, 1.165) is 50.7 Å². The molecule has 1 aromatic rings. The third-order valence-corrected chi connectivity index (χ3v) is 4.56. The molecule has 0 radical (unpaired) electrons. The van der Waals surface area contributed by atoms with Gasteiger partial charge in [0, 0.05) is 31.9 Å². The molecule has 1 N–H and O–H groups in total. The van der Waals surface area contributed by atoms with Gasteiger partial charge in [-0.3, -0.25) is 9.69 Å². The summed E-state index contributed by atoms with van der Waals surface area (Å²) in [4.78, 5) is 14.9. The van der Waals surface area contributed by atoms with E-state index in [9.17, 15) is 4.79 Å². The summed E-state index contributed by atoms with van der Waals surface area (Å²) in [5.74, 6) is 0.694. The van der Waals surface area contributed by atoms with Crippen LogP contribution in [0.25, 0.3) is 0 Å². The molecule has 0 bridgehead atoms. The molecule has 0 spiro atoms. The van der Waals surface area contributed by atoms with E-state index in [0.29, 0.717) is 19.6 Å². The highest BCUT2D eigenvalue weighted by atomic mass is 16.5. The van der Waals surface area contributed by atoms with Crippen molar-refractivity contribution in [1.82, 2.24) is 4.90 Å². The van der Waals surface area contributed by atoms with Gasteiger partial charge in [-0.15, -0.1) is 0 Å². The van der Waals surface area contributed by atoms with E-state index in [2.05, 4.69) is 10.2 Å². The second kappa shape index (κ2) is 10.5. The first-order chi connectivity index (χ1) is 12.6. The summed E-state index contributed by atoms with van der Waals surface area (Å²) in [7, 11) is 0. The highest BCUT2D eigenvalue weighted by molar-refractivity contribution is 5.97. The third kappa shape index (κ3) is 6.27. The highest BCUT2D eigenvalue weighted by Gasteiger charge is 2.32. The minimum atomic E-state index is -0.795. The lowest BCUT2D eigenvalue weighted by Gasteiger charge is -2.28. The van der Waals surface area contributed by atoms with Gasteiger partial charge in [0.1, 0.15) is 18.0 Å². The molecule has 1 fully saturated rings. The van der Waals surface area contributed by atoms with Crippen LogP contribution in [0.5, 0.6) is 5.75 Å². The monoisotopic (exact) mass is 364 g/mol. The zero-order chi connectivity index (χ0) is 18.8. The number of carbonyl (C=O) groups excluding carboxylic acids is 1. The number of anilines is 1. The second-order valence-corrected chi connectivity index (χ2v) is 6.69. The molecule has 26 heavy (non-hydrogen) atoms. The molecular formula is C20H32N2O4. The van der Waals surface area contributed by atoms with Crippen molar-refractivity contribution in [3.8, 4) is 5.75 Å². The Morgan fingerprint density at radius 3 is 2.54 bits per heavy atom. The van der Waals surface area contributed by atoms with Crippen molar-refractivity contribution in [1.29, 1.82) is 0 Å². The fourth-order valence-corrected chi connectivity index (χ4v) is 3.06. The van der Waals surface area contributed by atoms with Gasteiger partial charge in [0.25, 0.3) is 5.91 Å². The predicted octanol–water partition coefficient (Wildman–Crippen LogP) is 2.93. The number of nitrogens with zero attached hydrogens (tertiary/aromatic N) is 1. The van der Waals surface area contributed by atoms with Gasteiger partial charge in [-0.05, 0) is 44.5 Å². The Hall–Kier alpha value is -1.63. The lowest BCUT2D eigenvalue weighted by molar-refractivity contribution is -0.139. The normalized spacial score (nSPS) is 17.5. The van der Waals surface area contributed by atoms with Crippen LogP contribution in [0.4, 0.5) is 5.69 Å².